The van der Waals surface area contributed by atoms with Gasteiger partial charge in [0.15, 0.2) is 12.4 Å². The molecule has 4 rings (SSSR count). The van der Waals surface area contributed by atoms with E-state index in [1.807, 2.05) is 0 Å². The number of amides is 2. The molecular formula is C19H17FN2O3. The normalized spacial score (nSPS) is 17.1. The zero-order chi connectivity index (χ0) is 17.4. The fourth-order valence-corrected chi connectivity index (χ4v) is 3.16. The number of anilines is 2. The maximum Gasteiger partial charge on any atom is 0.262 e. The molecular weight excluding hydrogens is 323 g/mol. The number of nitrogens with one attached hydrogen (secondary N) is 2. The third kappa shape index (κ3) is 3.20. The molecule has 2 aromatic carbocycles. The van der Waals surface area contributed by atoms with Crippen molar-refractivity contribution >= 4 is 23.2 Å². The number of fused-ring (bicyclic) bond motifs is 1. The minimum atomic E-state index is -0.324. The lowest BCUT2D eigenvalue weighted by molar-refractivity contribution is -0.118. The first-order chi connectivity index (χ1) is 12.1. The van der Waals surface area contributed by atoms with Crippen LogP contribution in [0.25, 0.3) is 0 Å². The zero-order valence-electron chi connectivity index (χ0n) is 13.4. The van der Waals surface area contributed by atoms with Gasteiger partial charge in [-0.2, -0.15) is 0 Å². The van der Waals surface area contributed by atoms with Crippen LogP contribution in [0, 0.1) is 11.7 Å². The van der Waals surface area contributed by atoms with Crippen molar-refractivity contribution in [2.24, 2.45) is 5.92 Å². The molecule has 0 aromatic heterocycles. The van der Waals surface area contributed by atoms with Crippen LogP contribution in [0.15, 0.2) is 42.5 Å². The van der Waals surface area contributed by atoms with Gasteiger partial charge >= 0.3 is 0 Å². The molecule has 1 saturated carbocycles. The molecule has 2 aliphatic rings. The van der Waals surface area contributed by atoms with E-state index in [1.165, 1.54) is 12.1 Å². The van der Waals surface area contributed by atoms with E-state index >= 15 is 0 Å². The molecule has 1 unspecified atom stereocenters. The Morgan fingerprint density at radius 2 is 1.96 bits per heavy atom. The topological polar surface area (TPSA) is 67.4 Å². The summed E-state index contributed by atoms with van der Waals surface area (Å²) in [5.74, 6) is -0.287. The number of halogens is 1. The third-order valence-corrected chi connectivity index (χ3v) is 4.50. The van der Waals surface area contributed by atoms with Gasteiger partial charge in [-0.05, 0) is 48.6 Å². The Bertz CT molecular complexity index is 831. The largest absolute Gasteiger partial charge is 0.479 e. The molecule has 25 heavy (non-hydrogen) atoms. The van der Waals surface area contributed by atoms with E-state index in [-0.39, 0.29) is 36.1 Å². The number of carbonyl (C=O) groups is 2. The minimum absolute atomic E-state index is 0.0795. The van der Waals surface area contributed by atoms with Crippen molar-refractivity contribution in [3.8, 4) is 5.75 Å². The Balaban J connectivity index is 1.59. The van der Waals surface area contributed by atoms with Crippen LogP contribution in [-0.2, 0) is 9.59 Å². The average Bonchev–Trinajstić information content (AvgIpc) is 3.42. The van der Waals surface area contributed by atoms with Crippen molar-refractivity contribution in [1.82, 2.24) is 0 Å². The van der Waals surface area contributed by atoms with Crippen LogP contribution in [0.1, 0.15) is 24.3 Å². The van der Waals surface area contributed by atoms with Gasteiger partial charge in [-0.15, -0.1) is 0 Å². The number of carbonyl (C=O) groups excluding carboxylic acids is 2. The molecule has 1 aliphatic carbocycles. The average molecular weight is 340 g/mol. The lowest BCUT2D eigenvalue weighted by Gasteiger charge is -2.22. The van der Waals surface area contributed by atoms with Crippen LogP contribution in [-0.4, -0.2) is 18.4 Å². The van der Waals surface area contributed by atoms with E-state index in [0.29, 0.717) is 17.1 Å². The second kappa shape index (κ2) is 6.20. The third-order valence-electron chi connectivity index (χ3n) is 4.50. The summed E-state index contributed by atoms with van der Waals surface area (Å²) >= 11 is 0. The first kappa shape index (κ1) is 15.6. The Labute approximate surface area is 144 Å². The Morgan fingerprint density at radius 3 is 2.68 bits per heavy atom. The quantitative estimate of drug-likeness (QED) is 0.897. The molecule has 2 amide bonds. The second-order valence-electron chi connectivity index (χ2n) is 6.38. The summed E-state index contributed by atoms with van der Waals surface area (Å²) in [6, 6.07) is 11.3. The van der Waals surface area contributed by atoms with Gasteiger partial charge in [-0.25, -0.2) is 4.39 Å². The fourth-order valence-electron chi connectivity index (χ4n) is 3.16. The van der Waals surface area contributed by atoms with Gasteiger partial charge in [0.05, 0.1) is 17.3 Å². The van der Waals surface area contributed by atoms with Crippen molar-refractivity contribution in [1.29, 1.82) is 0 Å². The van der Waals surface area contributed by atoms with Crippen molar-refractivity contribution in [2.45, 2.75) is 18.8 Å². The molecule has 1 aliphatic heterocycles. The Morgan fingerprint density at radius 1 is 1.20 bits per heavy atom. The van der Waals surface area contributed by atoms with Gasteiger partial charge < -0.3 is 15.4 Å². The second-order valence-corrected chi connectivity index (χ2v) is 6.38. The summed E-state index contributed by atoms with van der Waals surface area (Å²) < 4.78 is 18.7. The Hall–Kier alpha value is -2.89. The lowest BCUT2D eigenvalue weighted by atomic mass is 9.93. The summed E-state index contributed by atoms with van der Waals surface area (Å²) in [5.41, 5.74) is 1.87. The van der Waals surface area contributed by atoms with Crippen molar-refractivity contribution in [3.63, 3.8) is 0 Å². The summed E-state index contributed by atoms with van der Waals surface area (Å²) in [4.78, 5) is 24.3. The number of rotatable bonds is 4. The molecule has 1 fully saturated rings. The van der Waals surface area contributed by atoms with Gasteiger partial charge in [-0.3, -0.25) is 9.59 Å². The predicted octanol–water partition coefficient (Wildman–Crippen LogP) is 3.29. The maximum atomic E-state index is 13.2. The number of ether oxygens (including phenoxy) is 1. The highest BCUT2D eigenvalue weighted by Crippen LogP contribution is 2.44. The number of hydrogen-bond acceptors (Lipinski definition) is 3. The van der Waals surface area contributed by atoms with Gasteiger partial charge in [0.1, 0.15) is 5.82 Å². The number of para-hydroxylation sites is 1. The SMILES string of the molecule is O=C1COc2c(cccc2NC(=O)C(c2ccc(F)cc2)C2CC2)N1. The van der Waals surface area contributed by atoms with Gasteiger partial charge in [0, 0.05) is 0 Å². The van der Waals surface area contributed by atoms with Gasteiger partial charge in [0.2, 0.25) is 5.91 Å². The highest BCUT2D eigenvalue weighted by atomic mass is 19.1. The fraction of sp³-hybridized carbons (Fsp3) is 0.263. The van der Waals surface area contributed by atoms with Gasteiger partial charge in [-0.1, -0.05) is 18.2 Å². The molecule has 5 nitrogen and oxygen atoms in total. The minimum Gasteiger partial charge on any atom is -0.479 e. The molecule has 6 heteroatoms. The molecule has 128 valence electrons. The van der Waals surface area contributed by atoms with Gasteiger partial charge in [0.25, 0.3) is 5.91 Å². The summed E-state index contributed by atoms with van der Waals surface area (Å²) in [5, 5.41) is 5.63. The monoisotopic (exact) mass is 340 g/mol. The van der Waals surface area contributed by atoms with Crippen molar-refractivity contribution in [3.05, 3.63) is 53.8 Å². The summed E-state index contributed by atoms with van der Waals surface area (Å²) in [6.07, 6.45) is 1.96. The standard InChI is InChI=1S/C19H17FN2O3/c20-13-8-6-12(7-9-13)17(11-4-5-11)19(24)22-15-3-1-2-14-18(15)25-10-16(23)21-14/h1-3,6-9,11,17H,4-5,10H2,(H,21,23)(H,22,24). The first-order valence-electron chi connectivity index (χ1n) is 8.24. The molecule has 0 spiro atoms. The maximum absolute atomic E-state index is 13.2. The van der Waals surface area contributed by atoms with E-state index in [2.05, 4.69) is 10.6 Å². The first-order valence-corrected chi connectivity index (χ1v) is 8.24. The van der Waals surface area contributed by atoms with Crippen molar-refractivity contribution in [2.75, 3.05) is 17.2 Å². The molecule has 0 radical (unpaired) electrons. The smallest absolute Gasteiger partial charge is 0.262 e. The lowest BCUT2D eigenvalue weighted by Crippen LogP contribution is -2.27. The van der Waals surface area contributed by atoms with Crippen LogP contribution in [0.3, 0.4) is 0 Å². The molecule has 0 saturated heterocycles. The van der Waals surface area contributed by atoms with Crippen LogP contribution < -0.4 is 15.4 Å². The zero-order valence-corrected chi connectivity index (χ0v) is 13.4. The number of benzene rings is 2. The van der Waals surface area contributed by atoms with Crippen LogP contribution in [0.4, 0.5) is 15.8 Å². The van der Waals surface area contributed by atoms with E-state index in [1.54, 1.807) is 30.3 Å². The highest BCUT2D eigenvalue weighted by molar-refractivity contribution is 6.01. The summed E-state index contributed by atoms with van der Waals surface area (Å²) in [7, 11) is 0. The van der Waals surface area contributed by atoms with E-state index in [0.717, 1.165) is 18.4 Å². The highest BCUT2D eigenvalue weighted by Gasteiger charge is 2.37. The van der Waals surface area contributed by atoms with E-state index < -0.39 is 0 Å². The van der Waals surface area contributed by atoms with Crippen LogP contribution >= 0.6 is 0 Å². The molecule has 1 atom stereocenters. The Kier molecular flexibility index (Phi) is 3.87. The van der Waals surface area contributed by atoms with Crippen LogP contribution in [0.2, 0.25) is 0 Å². The molecule has 0 bridgehead atoms. The van der Waals surface area contributed by atoms with Crippen molar-refractivity contribution < 1.29 is 18.7 Å². The predicted molar refractivity (Wildman–Crippen MR) is 91.1 cm³/mol. The van der Waals surface area contributed by atoms with Crippen LogP contribution in [0.5, 0.6) is 5.75 Å². The molecule has 2 N–H and O–H groups in total. The summed E-state index contributed by atoms with van der Waals surface area (Å²) in [6.45, 7) is -0.0795. The number of hydrogen-bond donors (Lipinski definition) is 2. The molecule has 2 aromatic rings. The van der Waals surface area contributed by atoms with E-state index in [4.69, 9.17) is 4.74 Å². The molecule has 1 heterocycles. The van der Waals surface area contributed by atoms with E-state index in [9.17, 15) is 14.0 Å².